The first-order valence-electron chi connectivity index (χ1n) is 9.46. The molecule has 2 heterocycles. The van der Waals surface area contributed by atoms with Crippen molar-refractivity contribution >= 4 is 29.1 Å². The zero-order chi connectivity index (χ0) is 20.9. The highest BCUT2D eigenvalue weighted by Gasteiger charge is 2.16. The minimum Gasteiger partial charge on any atom is -0.486 e. The monoisotopic (exact) mass is 445 g/mol. The average Bonchev–Trinajstić information content (AvgIpc) is 3.37. The molecule has 30 heavy (non-hydrogen) atoms. The van der Waals surface area contributed by atoms with Crippen LogP contribution in [0.2, 0.25) is 5.02 Å². The van der Waals surface area contributed by atoms with Gasteiger partial charge in [0.05, 0.1) is 5.75 Å². The maximum atomic E-state index is 12.4. The second-order valence-electron chi connectivity index (χ2n) is 6.58. The van der Waals surface area contributed by atoms with Crippen molar-refractivity contribution in [3.63, 3.8) is 0 Å². The minimum atomic E-state index is 0.100. The van der Waals surface area contributed by atoms with Crippen molar-refractivity contribution in [1.29, 1.82) is 0 Å². The van der Waals surface area contributed by atoms with E-state index in [-0.39, 0.29) is 19.2 Å². The molecule has 4 rings (SSSR count). The number of benzene rings is 2. The van der Waals surface area contributed by atoms with Crippen molar-refractivity contribution in [2.75, 3.05) is 12.5 Å². The van der Waals surface area contributed by atoms with Gasteiger partial charge in [-0.05, 0) is 48.9 Å². The molecule has 1 aliphatic heterocycles. The molecule has 0 unspecified atom stereocenters. The van der Waals surface area contributed by atoms with E-state index in [0.29, 0.717) is 52.0 Å². The smallest absolute Gasteiger partial charge is 0.231 e. The third-order valence-corrected chi connectivity index (χ3v) is 5.77. The summed E-state index contributed by atoms with van der Waals surface area (Å²) in [5.74, 6) is 3.22. The van der Waals surface area contributed by atoms with Crippen molar-refractivity contribution < 1.29 is 19.0 Å². The Morgan fingerprint density at radius 2 is 1.97 bits per heavy atom. The Labute approximate surface area is 183 Å². The van der Waals surface area contributed by atoms with Gasteiger partial charge in [0, 0.05) is 18.0 Å². The van der Waals surface area contributed by atoms with Crippen LogP contribution in [0.1, 0.15) is 18.3 Å². The number of ketones is 1. The lowest BCUT2D eigenvalue weighted by Gasteiger charge is -2.09. The molecule has 0 spiro atoms. The number of aromatic nitrogens is 3. The fraction of sp³-hybridized carbons (Fsp3) is 0.286. The second-order valence-corrected chi connectivity index (χ2v) is 7.96. The van der Waals surface area contributed by atoms with Gasteiger partial charge in [-0.15, -0.1) is 10.2 Å². The Morgan fingerprint density at radius 1 is 1.17 bits per heavy atom. The van der Waals surface area contributed by atoms with Gasteiger partial charge in [-0.1, -0.05) is 29.4 Å². The minimum absolute atomic E-state index is 0.100. The standard InChI is InChI=1S/C21H20ClN3O4S/c1-2-25-20(11-27-17-6-4-15(22)5-7-17)23-24-21(25)30-12-16(26)9-14-3-8-18-19(10-14)29-13-28-18/h3-8,10H,2,9,11-13H2,1H3. The van der Waals surface area contributed by atoms with Crippen LogP contribution in [-0.4, -0.2) is 33.1 Å². The third kappa shape index (κ3) is 4.88. The van der Waals surface area contributed by atoms with Gasteiger partial charge in [0.2, 0.25) is 6.79 Å². The zero-order valence-corrected chi connectivity index (χ0v) is 17.9. The molecule has 0 saturated carbocycles. The molecule has 0 aliphatic carbocycles. The highest BCUT2D eigenvalue weighted by atomic mass is 35.5. The normalized spacial score (nSPS) is 12.2. The van der Waals surface area contributed by atoms with E-state index in [1.807, 2.05) is 29.7 Å². The van der Waals surface area contributed by atoms with Gasteiger partial charge in [-0.25, -0.2) is 0 Å². The number of fused-ring (bicyclic) bond motifs is 1. The molecule has 0 amide bonds. The first kappa shape index (κ1) is 20.6. The van der Waals surface area contributed by atoms with E-state index in [2.05, 4.69) is 10.2 Å². The number of hydrogen-bond donors (Lipinski definition) is 0. The van der Waals surface area contributed by atoms with Gasteiger partial charge in [-0.2, -0.15) is 0 Å². The van der Waals surface area contributed by atoms with E-state index in [4.69, 9.17) is 25.8 Å². The SMILES string of the molecule is CCn1c(COc2ccc(Cl)cc2)nnc1SCC(=O)Cc1ccc2c(c1)OCO2. The largest absolute Gasteiger partial charge is 0.486 e. The van der Waals surface area contributed by atoms with Crippen molar-refractivity contribution in [1.82, 2.24) is 14.8 Å². The van der Waals surface area contributed by atoms with E-state index < -0.39 is 0 Å². The number of carbonyl (C=O) groups is 1. The maximum absolute atomic E-state index is 12.4. The lowest BCUT2D eigenvalue weighted by atomic mass is 10.1. The van der Waals surface area contributed by atoms with Crippen LogP contribution in [0.4, 0.5) is 0 Å². The van der Waals surface area contributed by atoms with Crippen molar-refractivity contribution in [3.8, 4) is 17.2 Å². The van der Waals surface area contributed by atoms with Crippen LogP contribution in [0.5, 0.6) is 17.2 Å². The topological polar surface area (TPSA) is 75.5 Å². The fourth-order valence-corrected chi connectivity index (χ4v) is 4.01. The lowest BCUT2D eigenvalue weighted by molar-refractivity contribution is -0.116. The molecule has 0 atom stereocenters. The number of carbonyl (C=O) groups excluding carboxylic acids is 1. The van der Waals surface area contributed by atoms with Crippen LogP contribution in [0.3, 0.4) is 0 Å². The third-order valence-electron chi connectivity index (χ3n) is 4.49. The molecule has 1 aromatic heterocycles. The Balaban J connectivity index is 1.32. The van der Waals surface area contributed by atoms with E-state index in [1.54, 1.807) is 24.3 Å². The molecule has 0 bridgehead atoms. The van der Waals surface area contributed by atoms with Gasteiger partial charge < -0.3 is 18.8 Å². The van der Waals surface area contributed by atoms with Crippen molar-refractivity contribution in [3.05, 3.63) is 58.9 Å². The second kappa shape index (κ2) is 9.40. The lowest BCUT2D eigenvalue weighted by Crippen LogP contribution is -2.09. The van der Waals surface area contributed by atoms with Crippen LogP contribution in [0.25, 0.3) is 0 Å². The van der Waals surface area contributed by atoms with E-state index >= 15 is 0 Å². The van der Waals surface area contributed by atoms with Crippen molar-refractivity contribution in [2.45, 2.75) is 31.7 Å². The molecule has 0 fully saturated rings. The zero-order valence-electron chi connectivity index (χ0n) is 16.3. The molecule has 3 aromatic rings. The predicted octanol–water partition coefficient (Wildman–Crippen LogP) is 4.16. The summed E-state index contributed by atoms with van der Waals surface area (Å²) < 4.78 is 18.4. The summed E-state index contributed by atoms with van der Waals surface area (Å²) in [5, 5.41) is 9.80. The molecule has 156 valence electrons. The molecular formula is C21H20ClN3O4S. The van der Waals surface area contributed by atoms with Crippen LogP contribution >= 0.6 is 23.4 Å². The molecule has 2 aromatic carbocycles. The number of nitrogens with zero attached hydrogens (tertiary/aromatic N) is 3. The summed E-state index contributed by atoms with van der Waals surface area (Å²) in [5.41, 5.74) is 0.902. The van der Waals surface area contributed by atoms with Gasteiger partial charge in [0.1, 0.15) is 18.1 Å². The number of thioether (sulfide) groups is 1. The van der Waals surface area contributed by atoms with Gasteiger partial charge in [0.15, 0.2) is 22.5 Å². The summed E-state index contributed by atoms with van der Waals surface area (Å²) >= 11 is 7.27. The van der Waals surface area contributed by atoms with E-state index in [1.165, 1.54) is 11.8 Å². The van der Waals surface area contributed by atoms with Gasteiger partial charge >= 0.3 is 0 Å². The van der Waals surface area contributed by atoms with Gasteiger partial charge in [0.25, 0.3) is 0 Å². The molecule has 7 nitrogen and oxygen atoms in total. The number of ether oxygens (including phenoxy) is 3. The maximum Gasteiger partial charge on any atom is 0.231 e. The summed E-state index contributed by atoms with van der Waals surface area (Å²) in [6.45, 7) is 3.20. The Morgan fingerprint density at radius 3 is 2.77 bits per heavy atom. The summed E-state index contributed by atoms with van der Waals surface area (Å²) in [4.78, 5) is 12.4. The summed E-state index contributed by atoms with van der Waals surface area (Å²) in [6.07, 6.45) is 0.330. The molecule has 0 radical (unpaired) electrons. The highest BCUT2D eigenvalue weighted by Crippen LogP contribution is 2.32. The summed E-state index contributed by atoms with van der Waals surface area (Å²) in [7, 11) is 0. The van der Waals surface area contributed by atoms with E-state index in [0.717, 1.165) is 5.56 Å². The quantitative estimate of drug-likeness (QED) is 0.457. The Bertz CT molecular complexity index is 1040. The summed E-state index contributed by atoms with van der Waals surface area (Å²) in [6, 6.07) is 12.7. The van der Waals surface area contributed by atoms with E-state index in [9.17, 15) is 4.79 Å². The number of hydrogen-bond acceptors (Lipinski definition) is 7. The molecule has 1 aliphatic rings. The number of halogens is 1. The Kier molecular flexibility index (Phi) is 6.44. The molecule has 0 N–H and O–H groups in total. The van der Waals surface area contributed by atoms with Gasteiger partial charge in [-0.3, -0.25) is 4.79 Å². The van der Waals surface area contributed by atoms with Crippen molar-refractivity contribution in [2.24, 2.45) is 0 Å². The number of Topliss-reactive ketones (excluding diaryl/α,β-unsaturated/α-hetero) is 1. The predicted molar refractivity (Wildman–Crippen MR) is 113 cm³/mol. The average molecular weight is 446 g/mol. The highest BCUT2D eigenvalue weighted by molar-refractivity contribution is 7.99. The van der Waals surface area contributed by atoms with Crippen LogP contribution < -0.4 is 14.2 Å². The molecule has 9 heteroatoms. The van der Waals surface area contributed by atoms with Crippen LogP contribution in [0.15, 0.2) is 47.6 Å². The van der Waals surface area contributed by atoms with Crippen LogP contribution in [-0.2, 0) is 24.4 Å². The van der Waals surface area contributed by atoms with Crippen LogP contribution in [0, 0.1) is 0 Å². The molecule has 0 saturated heterocycles. The Hall–Kier alpha value is -2.71. The first-order valence-corrected chi connectivity index (χ1v) is 10.8. The fourth-order valence-electron chi connectivity index (χ4n) is 3.00. The number of rotatable bonds is 9. The first-order chi connectivity index (χ1) is 14.6. The molecular weight excluding hydrogens is 426 g/mol.